The molecule has 3 saturated heterocycles. The van der Waals surface area contributed by atoms with Gasteiger partial charge in [0.15, 0.2) is 5.71 Å². The van der Waals surface area contributed by atoms with Crippen LogP contribution in [0.4, 0.5) is 23.5 Å². The maximum atomic E-state index is 13.9. The maximum Gasteiger partial charge on any atom is 0.306 e. The molecule has 8 rings (SSSR count). The number of carbonyl (C=O) groups is 4. The van der Waals surface area contributed by atoms with Gasteiger partial charge < -0.3 is 46.0 Å². The molecule has 76 heavy (non-hydrogen) atoms. The number of carbonyl (C=O) groups excluding carboxylic acids is 3. The van der Waals surface area contributed by atoms with E-state index >= 15 is 0 Å². The molecule has 2 aromatic carbocycles. The van der Waals surface area contributed by atoms with Crippen molar-refractivity contribution in [1.82, 2.24) is 35.9 Å². The third-order valence-electron chi connectivity index (χ3n) is 15.1. The van der Waals surface area contributed by atoms with E-state index in [1.54, 1.807) is 18.2 Å². The Morgan fingerprint density at radius 2 is 1.39 bits per heavy atom. The number of aliphatic carboxylic acids is 1. The average molecular weight is 1060 g/mol. The zero-order valence-electron chi connectivity index (χ0n) is 43.9. The van der Waals surface area contributed by atoms with Crippen molar-refractivity contribution in [3.8, 4) is 11.1 Å². The van der Waals surface area contributed by atoms with E-state index in [9.17, 15) is 37.3 Å². The predicted octanol–water partition coefficient (Wildman–Crippen LogP) is 5.19. The molecular weight excluding hydrogens is 989 g/mol. The van der Waals surface area contributed by atoms with Gasteiger partial charge in [0.05, 0.1) is 26.8 Å². The first kappa shape index (κ1) is 55.4. The Labute approximate surface area is 445 Å². The van der Waals surface area contributed by atoms with Crippen molar-refractivity contribution >= 4 is 73.8 Å². The summed E-state index contributed by atoms with van der Waals surface area (Å²) in [6.07, 6.45) is 12.1. The molecule has 0 aliphatic carbocycles. The summed E-state index contributed by atoms with van der Waals surface area (Å²) in [6, 6.07) is 13.4. The van der Waals surface area contributed by atoms with E-state index in [1.807, 2.05) is 43.3 Å². The molecule has 6 N–H and O–H groups in total. The van der Waals surface area contributed by atoms with Gasteiger partial charge in [-0.05, 0) is 113 Å². The number of hydrogen-bond donors (Lipinski definition) is 5. The summed E-state index contributed by atoms with van der Waals surface area (Å²) in [6.45, 7) is 14.7. The van der Waals surface area contributed by atoms with Gasteiger partial charge in [0.25, 0.3) is 11.8 Å². The van der Waals surface area contributed by atoms with E-state index in [0.717, 1.165) is 72.1 Å². The Bertz CT molecular complexity index is 2990. The fourth-order valence-corrected chi connectivity index (χ4v) is 11.3. The highest BCUT2D eigenvalue weighted by Gasteiger charge is 2.46. The second-order valence-electron chi connectivity index (χ2n) is 20.8. The number of hydrogen-bond acceptors (Lipinski definition) is 15. The highest BCUT2D eigenvalue weighted by atomic mass is 32.2. The largest absolute Gasteiger partial charge is 0.748 e. The van der Waals surface area contributed by atoms with Crippen molar-refractivity contribution in [2.45, 2.75) is 109 Å². The molecule has 406 valence electrons. The van der Waals surface area contributed by atoms with Gasteiger partial charge in [-0.1, -0.05) is 43.4 Å². The number of carboxylic acid groups (broad SMARTS) is 1. The van der Waals surface area contributed by atoms with Crippen LogP contribution in [-0.2, 0) is 25.1 Å². The molecule has 0 unspecified atom stereocenters. The van der Waals surface area contributed by atoms with E-state index in [4.69, 9.17) is 20.7 Å². The topological polar surface area (TPSA) is 272 Å². The van der Waals surface area contributed by atoms with Gasteiger partial charge >= 0.3 is 5.97 Å². The van der Waals surface area contributed by atoms with Crippen LogP contribution in [-0.4, -0.2) is 149 Å². The molecule has 4 aromatic rings. The summed E-state index contributed by atoms with van der Waals surface area (Å²) >= 11 is 0. The highest BCUT2D eigenvalue weighted by Crippen LogP contribution is 2.48. The van der Waals surface area contributed by atoms with Crippen molar-refractivity contribution in [1.29, 1.82) is 0 Å². The van der Waals surface area contributed by atoms with Crippen LogP contribution in [0.2, 0.25) is 0 Å². The average Bonchev–Trinajstić information content (AvgIpc) is 3.69. The van der Waals surface area contributed by atoms with Crippen molar-refractivity contribution in [2.75, 3.05) is 79.4 Å². The van der Waals surface area contributed by atoms with Crippen molar-refractivity contribution < 1.29 is 41.8 Å². The Balaban J connectivity index is 0.874. The molecule has 20 nitrogen and oxygen atoms in total. The van der Waals surface area contributed by atoms with Crippen LogP contribution < -0.4 is 36.4 Å². The number of nitrogens with two attached hydrogens (primary N) is 1. The van der Waals surface area contributed by atoms with Gasteiger partial charge in [-0.2, -0.15) is 19.5 Å². The van der Waals surface area contributed by atoms with Crippen LogP contribution in [0.3, 0.4) is 0 Å². The monoisotopic (exact) mass is 1060 g/mol. The van der Waals surface area contributed by atoms with Crippen molar-refractivity contribution in [3.63, 3.8) is 0 Å². The molecule has 3 fully saturated rings. The second-order valence-corrected chi connectivity index (χ2v) is 22.3. The lowest BCUT2D eigenvalue weighted by molar-refractivity contribution is -0.435. The van der Waals surface area contributed by atoms with Crippen LogP contribution >= 0.6 is 0 Å². The first-order valence-corrected chi connectivity index (χ1v) is 28.3. The lowest BCUT2D eigenvalue weighted by Gasteiger charge is -2.35. The van der Waals surface area contributed by atoms with Gasteiger partial charge in [0, 0.05) is 94.7 Å². The van der Waals surface area contributed by atoms with Crippen LogP contribution in [0.15, 0.2) is 67.3 Å². The number of benzene rings is 2. The third-order valence-corrected chi connectivity index (χ3v) is 15.8. The number of allylic oxidation sites excluding steroid dienone is 3. The third kappa shape index (κ3) is 13.2. The summed E-state index contributed by atoms with van der Waals surface area (Å²) < 4.78 is 37.0. The number of pyridine rings is 1. The molecule has 4 aliphatic heterocycles. The Hall–Kier alpha value is -6.84. The van der Waals surface area contributed by atoms with E-state index in [-0.39, 0.29) is 48.3 Å². The minimum Gasteiger partial charge on any atom is -0.748 e. The SMILES string of the molecule is C=C/C=C/C1=[N+](CCCS(=O)(=O)[O-])c2c(cc(-c3cc(C(=O)NCC)nc(C(=O)NCCCCCC(=O)NC4CCN(c5nc(N6CCC(N)CC6)nc(N6CCC(C(=O)O)CC6)n5)CC4)c3)c3ccccc23)C1(C)C. The van der Waals surface area contributed by atoms with Gasteiger partial charge in [0.2, 0.25) is 29.4 Å². The quantitative estimate of drug-likeness (QED) is 0.0311. The highest BCUT2D eigenvalue weighted by molar-refractivity contribution is 7.85. The maximum absolute atomic E-state index is 13.9. The van der Waals surface area contributed by atoms with Crippen LogP contribution in [0.5, 0.6) is 0 Å². The Morgan fingerprint density at radius 1 is 0.816 bits per heavy atom. The van der Waals surface area contributed by atoms with E-state index in [1.165, 1.54) is 0 Å². The summed E-state index contributed by atoms with van der Waals surface area (Å²) in [5.41, 5.74) is 9.92. The minimum absolute atomic E-state index is 0.00443. The van der Waals surface area contributed by atoms with Crippen molar-refractivity contribution in [2.24, 2.45) is 11.7 Å². The summed E-state index contributed by atoms with van der Waals surface area (Å²) in [5, 5.41) is 20.3. The first-order chi connectivity index (χ1) is 36.4. The number of piperidine rings is 3. The number of aromatic nitrogens is 4. The minimum atomic E-state index is -4.43. The molecule has 21 heteroatoms. The lowest BCUT2D eigenvalue weighted by Crippen LogP contribution is -2.46. The Morgan fingerprint density at radius 3 is 1.97 bits per heavy atom. The second kappa shape index (κ2) is 24.4. The van der Waals surface area contributed by atoms with E-state index in [0.29, 0.717) is 101 Å². The predicted molar refractivity (Wildman–Crippen MR) is 293 cm³/mol. The molecule has 0 radical (unpaired) electrons. The summed E-state index contributed by atoms with van der Waals surface area (Å²) in [7, 11) is -4.43. The molecule has 0 atom stereocenters. The summed E-state index contributed by atoms with van der Waals surface area (Å²) in [4.78, 5) is 77.6. The molecular formula is C55H72N12O8S. The number of nitrogens with zero attached hydrogens (tertiary/aromatic N) is 8. The van der Waals surface area contributed by atoms with Crippen LogP contribution in [0, 0.1) is 5.92 Å². The summed E-state index contributed by atoms with van der Waals surface area (Å²) in [5.74, 6) is -0.758. The van der Waals surface area contributed by atoms with E-state index < -0.39 is 39.1 Å². The number of anilines is 3. The molecule has 3 amide bonds. The van der Waals surface area contributed by atoms with Gasteiger partial charge in [-0.3, -0.25) is 19.2 Å². The fourth-order valence-electron chi connectivity index (χ4n) is 10.8. The van der Waals surface area contributed by atoms with Gasteiger partial charge in [-0.25, -0.2) is 13.4 Å². The number of nitrogens with one attached hydrogen (secondary N) is 3. The Kier molecular flexibility index (Phi) is 17.8. The normalized spacial score (nSPS) is 17.6. The molecule has 2 aromatic heterocycles. The molecule has 0 bridgehead atoms. The molecule has 6 heterocycles. The van der Waals surface area contributed by atoms with Crippen LogP contribution in [0.25, 0.3) is 21.9 Å². The smallest absolute Gasteiger partial charge is 0.306 e. The number of rotatable bonds is 21. The number of unbranched alkanes of at least 4 members (excludes halogenated alkanes) is 2. The molecule has 4 aliphatic rings. The zero-order chi connectivity index (χ0) is 54.1. The number of carboxylic acids is 1. The van der Waals surface area contributed by atoms with E-state index in [2.05, 4.69) is 66.7 Å². The first-order valence-electron chi connectivity index (χ1n) is 26.8. The number of fused-ring (bicyclic) bond motifs is 3. The van der Waals surface area contributed by atoms with Crippen LogP contribution in [0.1, 0.15) is 118 Å². The van der Waals surface area contributed by atoms with Crippen molar-refractivity contribution in [3.05, 3.63) is 84.2 Å². The van der Waals surface area contributed by atoms with Gasteiger partial charge in [-0.15, -0.1) is 0 Å². The lowest BCUT2D eigenvalue weighted by atomic mass is 9.79. The standard InChI is InChI=1S/C55H72N12O8S/c1-5-7-16-46-55(3,4)43-35-42(40-14-10-11-15-41(40)48(43)67(46)25-13-32-76(73,74)75)37-33-44(49(69)57-6-2)60-45(34-37)50(70)58-24-12-8-9-17-47(68)59-39-22-30-66(31-23-39)54-62-52(64-26-18-36(19-27-64)51(71)72)61-53(63-54)65-28-20-38(56)21-29-65/h5,7,10-11,14-16,33-36,38-39H,1,6,8-9,12-13,17-32,56H2,2-4H3,(H4-,57,58,59,68,69,70,71,72,73,74,75)/b16-7+. The number of amides is 3. The fraction of sp³-hybridized carbons (Fsp3) is 0.509. The van der Waals surface area contributed by atoms with Gasteiger partial charge in [0.1, 0.15) is 17.9 Å². The zero-order valence-corrected chi connectivity index (χ0v) is 44.7. The molecule has 0 spiro atoms. The molecule has 0 saturated carbocycles.